The van der Waals surface area contributed by atoms with Crippen molar-refractivity contribution in [3.05, 3.63) is 35.4 Å². The molecule has 1 fully saturated rings. The van der Waals surface area contributed by atoms with Crippen molar-refractivity contribution in [1.82, 2.24) is 4.90 Å². The van der Waals surface area contributed by atoms with Gasteiger partial charge in [-0.1, -0.05) is 38.1 Å². The van der Waals surface area contributed by atoms with E-state index in [2.05, 4.69) is 43.0 Å². The van der Waals surface area contributed by atoms with Crippen LogP contribution < -0.4 is 5.73 Å². The highest BCUT2D eigenvalue weighted by atomic mass is 16.5. The number of hydrogen-bond donors (Lipinski definition) is 1. The van der Waals surface area contributed by atoms with Crippen LogP contribution in [0.1, 0.15) is 43.9 Å². The van der Waals surface area contributed by atoms with Crippen LogP contribution in [-0.4, -0.2) is 37.2 Å². The SMILES string of the molecule is CCc1ccc(C(N)CN(CC)CC2CCCO2)cc1. The Labute approximate surface area is 123 Å². The number of nitrogens with two attached hydrogens (primary N) is 1. The number of benzene rings is 1. The van der Waals surface area contributed by atoms with E-state index >= 15 is 0 Å². The number of ether oxygens (including phenoxy) is 1. The van der Waals surface area contributed by atoms with E-state index in [9.17, 15) is 0 Å². The number of rotatable bonds is 7. The molecule has 2 N–H and O–H groups in total. The summed E-state index contributed by atoms with van der Waals surface area (Å²) in [5.74, 6) is 0. The van der Waals surface area contributed by atoms with E-state index in [0.29, 0.717) is 6.10 Å². The minimum Gasteiger partial charge on any atom is -0.377 e. The molecule has 0 bridgehead atoms. The standard InChI is InChI=1S/C17H28N2O/c1-3-14-7-9-15(10-8-14)17(18)13-19(4-2)12-16-6-5-11-20-16/h7-10,16-17H,3-6,11-13,18H2,1-2H3. The van der Waals surface area contributed by atoms with Crippen LogP contribution in [0.3, 0.4) is 0 Å². The third kappa shape index (κ3) is 4.30. The molecule has 1 aliphatic rings. The first-order valence-corrected chi connectivity index (χ1v) is 7.91. The molecule has 2 unspecified atom stereocenters. The summed E-state index contributed by atoms with van der Waals surface area (Å²) in [6.07, 6.45) is 3.88. The van der Waals surface area contributed by atoms with Crippen LogP contribution in [0.4, 0.5) is 0 Å². The first kappa shape index (κ1) is 15.5. The molecular weight excluding hydrogens is 248 g/mol. The van der Waals surface area contributed by atoms with Crippen LogP contribution in [0.2, 0.25) is 0 Å². The van der Waals surface area contributed by atoms with E-state index in [1.807, 2.05) is 0 Å². The molecule has 0 aromatic heterocycles. The monoisotopic (exact) mass is 276 g/mol. The molecule has 1 saturated heterocycles. The summed E-state index contributed by atoms with van der Waals surface area (Å²) in [7, 11) is 0. The topological polar surface area (TPSA) is 38.5 Å². The third-order valence-corrected chi connectivity index (χ3v) is 4.20. The Bertz CT molecular complexity index is 384. The summed E-state index contributed by atoms with van der Waals surface area (Å²) in [5, 5.41) is 0. The van der Waals surface area contributed by atoms with Crippen molar-refractivity contribution < 1.29 is 4.74 Å². The zero-order valence-corrected chi connectivity index (χ0v) is 12.8. The summed E-state index contributed by atoms with van der Waals surface area (Å²) in [6, 6.07) is 8.80. The molecule has 3 nitrogen and oxygen atoms in total. The summed E-state index contributed by atoms with van der Waals surface area (Å²) < 4.78 is 5.72. The molecule has 1 aliphatic heterocycles. The molecule has 0 radical (unpaired) electrons. The molecule has 20 heavy (non-hydrogen) atoms. The molecule has 2 atom stereocenters. The van der Waals surface area contributed by atoms with Gasteiger partial charge in [0.05, 0.1) is 6.10 Å². The van der Waals surface area contributed by atoms with Crippen molar-refractivity contribution in [2.45, 2.75) is 45.3 Å². The van der Waals surface area contributed by atoms with Gasteiger partial charge < -0.3 is 10.5 Å². The zero-order chi connectivity index (χ0) is 14.4. The Kier molecular flexibility index (Phi) is 6.02. The Balaban J connectivity index is 1.88. The lowest BCUT2D eigenvalue weighted by atomic mass is 10.0. The molecule has 1 aromatic rings. The second-order valence-corrected chi connectivity index (χ2v) is 5.69. The predicted molar refractivity (Wildman–Crippen MR) is 83.8 cm³/mol. The normalized spacial score (nSPS) is 20.5. The van der Waals surface area contributed by atoms with Crippen molar-refractivity contribution in [2.75, 3.05) is 26.2 Å². The van der Waals surface area contributed by atoms with Gasteiger partial charge >= 0.3 is 0 Å². The molecule has 0 amide bonds. The largest absolute Gasteiger partial charge is 0.377 e. The Hall–Kier alpha value is -0.900. The molecule has 0 aliphatic carbocycles. The average molecular weight is 276 g/mol. The molecule has 112 valence electrons. The van der Waals surface area contributed by atoms with Gasteiger partial charge in [-0.3, -0.25) is 4.90 Å². The smallest absolute Gasteiger partial charge is 0.0702 e. The molecule has 1 heterocycles. The lowest BCUT2D eigenvalue weighted by Crippen LogP contribution is -2.37. The van der Waals surface area contributed by atoms with Crippen LogP contribution in [0, 0.1) is 0 Å². The van der Waals surface area contributed by atoms with Crippen LogP contribution in [0.15, 0.2) is 24.3 Å². The third-order valence-electron chi connectivity index (χ3n) is 4.20. The number of hydrogen-bond acceptors (Lipinski definition) is 3. The van der Waals surface area contributed by atoms with Crippen molar-refractivity contribution >= 4 is 0 Å². The van der Waals surface area contributed by atoms with Crippen LogP contribution >= 0.6 is 0 Å². The van der Waals surface area contributed by atoms with E-state index in [4.69, 9.17) is 10.5 Å². The molecule has 3 heteroatoms. The lowest BCUT2D eigenvalue weighted by molar-refractivity contribution is 0.0729. The molecule has 1 aromatic carbocycles. The van der Waals surface area contributed by atoms with Gasteiger partial charge in [0.15, 0.2) is 0 Å². The van der Waals surface area contributed by atoms with Gasteiger partial charge in [0.1, 0.15) is 0 Å². The quantitative estimate of drug-likeness (QED) is 0.832. The van der Waals surface area contributed by atoms with Crippen molar-refractivity contribution in [3.8, 4) is 0 Å². The van der Waals surface area contributed by atoms with E-state index in [0.717, 1.165) is 32.7 Å². The predicted octanol–water partition coefficient (Wildman–Crippen LogP) is 2.75. The summed E-state index contributed by atoms with van der Waals surface area (Å²) >= 11 is 0. The van der Waals surface area contributed by atoms with Crippen molar-refractivity contribution in [2.24, 2.45) is 5.73 Å². The first-order valence-electron chi connectivity index (χ1n) is 7.91. The number of likely N-dealkylation sites (N-methyl/N-ethyl adjacent to an activating group) is 1. The van der Waals surface area contributed by atoms with E-state index in [-0.39, 0.29) is 6.04 Å². The van der Waals surface area contributed by atoms with Gasteiger partial charge in [0.2, 0.25) is 0 Å². The van der Waals surface area contributed by atoms with E-state index in [1.165, 1.54) is 24.0 Å². The Morgan fingerprint density at radius 1 is 1.30 bits per heavy atom. The fourth-order valence-corrected chi connectivity index (χ4v) is 2.79. The highest BCUT2D eigenvalue weighted by molar-refractivity contribution is 5.25. The number of nitrogens with zero attached hydrogens (tertiary/aromatic N) is 1. The number of aryl methyl sites for hydroxylation is 1. The fraction of sp³-hybridized carbons (Fsp3) is 0.647. The summed E-state index contributed by atoms with van der Waals surface area (Å²) in [6.45, 7) is 8.24. The summed E-state index contributed by atoms with van der Waals surface area (Å²) in [5.41, 5.74) is 8.95. The van der Waals surface area contributed by atoms with Crippen molar-refractivity contribution in [1.29, 1.82) is 0 Å². The fourth-order valence-electron chi connectivity index (χ4n) is 2.79. The van der Waals surface area contributed by atoms with Crippen molar-refractivity contribution in [3.63, 3.8) is 0 Å². The minimum absolute atomic E-state index is 0.0854. The van der Waals surface area contributed by atoms with Gasteiger partial charge in [-0.15, -0.1) is 0 Å². The highest BCUT2D eigenvalue weighted by Crippen LogP contribution is 2.17. The van der Waals surface area contributed by atoms with E-state index < -0.39 is 0 Å². The van der Waals surface area contributed by atoms with Gasteiger partial charge in [0, 0.05) is 25.7 Å². The Morgan fingerprint density at radius 2 is 2.05 bits per heavy atom. The zero-order valence-electron chi connectivity index (χ0n) is 12.8. The van der Waals surface area contributed by atoms with Crippen LogP contribution in [0.5, 0.6) is 0 Å². The summed E-state index contributed by atoms with van der Waals surface area (Å²) in [4.78, 5) is 2.41. The van der Waals surface area contributed by atoms with Gasteiger partial charge in [-0.25, -0.2) is 0 Å². The minimum atomic E-state index is 0.0854. The molecule has 0 saturated carbocycles. The van der Waals surface area contributed by atoms with Crippen LogP contribution in [-0.2, 0) is 11.2 Å². The first-order chi connectivity index (χ1) is 9.72. The maximum Gasteiger partial charge on any atom is 0.0702 e. The molecule has 2 rings (SSSR count). The maximum absolute atomic E-state index is 6.35. The second kappa shape index (κ2) is 7.77. The van der Waals surface area contributed by atoms with Gasteiger partial charge in [-0.05, 0) is 36.9 Å². The second-order valence-electron chi connectivity index (χ2n) is 5.69. The Morgan fingerprint density at radius 3 is 2.60 bits per heavy atom. The van der Waals surface area contributed by atoms with E-state index in [1.54, 1.807) is 0 Å². The molecule has 0 spiro atoms. The van der Waals surface area contributed by atoms with Crippen LogP contribution in [0.25, 0.3) is 0 Å². The maximum atomic E-state index is 6.35. The van der Waals surface area contributed by atoms with Gasteiger partial charge in [-0.2, -0.15) is 0 Å². The average Bonchev–Trinajstić information content (AvgIpc) is 2.99. The highest BCUT2D eigenvalue weighted by Gasteiger charge is 2.20. The lowest BCUT2D eigenvalue weighted by Gasteiger charge is -2.26. The molecular formula is C17H28N2O. The van der Waals surface area contributed by atoms with Gasteiger partial charge in [0.25, 0.3) is 0 Å².